The molecule has 0 N–H and O–H groups in total. The molecule has 0 fully saturated rings. The lowest BCUT2D eigenvalue weighted by Crippen LogP contribution is -1.72. The molecule has 0 spiro atoms. The summed E-state index contributed by atoms with van der Waals surface area (Å²) in [5.74, 6) is 0. The highest BCUT2D eigenvalue weighted by atomic mass is 32.1. The van der Waals surface area contributed by atoms with Crippen molar-refractivity contribution in [2.75, 3.05) is 0 Å². The van der Waals surface area contributed by atoms with E-state index in [-0.39, 0.29) is 0 Å². The fourth-order valence-electron chi connectivity index (χ4n) is 0.739. The SMILES string of the molecule is C1=CC=Cc2nnsc2C=1. The van der Waals surface area contributed by atoms with Gasteiger partial charge in [-0.25, -0.2) is 0 Å². The van der Waals surface area contributed by atoms with Gasteiger partial charge in [-0.1, -0.05) is 10.6 Å². The summed E-state index contributed by atoms with van der Waals surface area (Å²) in [5, 5.41) is 3.91. The minimum atomic E-state index is 0.936. The van der Waals surface area contributed by atoms with Gasteiger partial charge in [0.1, 0.15) is 5.69 Å². The van der Waals surface area contributed by atoms with Crippen molar-refractivity contribution in [1.29, 1.82) is 0 Å². The maximum absolute atomic E-state index is 3.91. The third-order valence-electron chi connectivity index (χ3n) is 1.20. The molecule has 0 bridgehead atoms. The number of aromatic nitrogens is 2. The quantitative estimate of drug-likeness (QED) is 0.524. The van der Waals surface area contributed by atoms with Gasteiger partial charge in [0, 0.05) is 6.08 Å². The van der Waals surface area contributed by atoms with Gasteiger partial charge >= 0.3 is 0 Å². The first-order valence-corrected chi connectivity index (χ1v) is 3.66. The molecule has 0 saturated carbocycles. The summed E-state index contributed by atoms with van der Waals surface area (Å²) in [6.45, 7) is 0. The Morgan fingerprint density at radius 1 is 1.50 bits per heavy atom. The highest BCUT2D eigenvalue weighted by Gasteiger charge is 2.00. The molecular formula is C7H4N2S. The summed E-state index contributed by atoms with van der Waals surface area (Å²) in [4.78, 5) is 1.07. The molecule has 2 rings (SSSR count). The van der Waals surface area contributed by atoms with Crippen molar-refractivity contribution >= 4 is 23.7 Å². The van der Waals surface area contributed by atoms with Gasteiger partial charge in [0.2, 0.25) is 0 Å². The maximum Gasteiger partial charge on any atom is 0.106 e. The van der Waals surface area contributed by atoms with E-state index in [0.29, 0.717) is 0 Å². The lowest BCUT2D eigenvalue weighted by molar-refractivity contribution is 1.14. The number of allylic oxidation sites excluding steroid dienone is 2. The molecule has 1 heterocycles. The van der Waals surface area contributed by atoms with Gasteiger partial charge in [-0.3, -0.25) is 0 Å². The molecule has 1 aliphatic rings. The Labute approximate surface area is 62.4 Å². The van der Waals surface area contributed by atoms with Gasteiger partial charge < -0.3 is 0 Å². The number of nitrogens with zero attached hydrogens (tertiary/aromatic N) is 2. The minimum absolute atomic E-state index is 0.936. The van der Waals surface area contributed by atoms with Gasteiger partial charge in [-0.05, 0) is 23.7 Å². The molecule has 1 aromatic rings. The van der Waals surface area contributed by atoms with Crippen LogP contribution in [0, 0.1) is 0 Å². The molecule has 0 unspecified atom stereocenters. The van der Waals surface area contributed by atoms with Crippen molar-refractivity contribution in [3.8, 4) is 0 Å². The summed E-state index contributed by atoms with van der Waals surface area (Å²) in [6.07, 6.45) is 7.58. The Morgan fingerprint density at radius 2 is 2.50 bits per heavy atom. The fraction of sp³-hybridized carbons (Fsp3) is 0. The summed E-state index contributed by atoms with van der Waals surface area (Å²) in [6, 6.07) is 0. The molecule has 3 heteroatoms. The Bertz CT molecular complexity index is 329. The average Bonchev–Trinajstić information content (AvgIpc) is 2.28. The van der Waals surface area contributed by atoms with E-state index < -0.39 is 0 Å². The second kappa shape index (κ2) is 2.21. The van der Waals surface area contributed by atoms with Gasteiger partial charge in [0.05, 0.1) is 4.88 Å². The van der Waals surface area contributed by atoms with E-state index in [1.165, 1.54) is 11.5 Å². The first-order valence-electron chi connectivity index (χ1n) is 2.88. The van der Waals surface area contributed by atoms with E-state index >= 15 is 0 Å². The molecule has 2 nitrogen and oxygen atoms in total. The van der Waals surface area contributed by atoms with E-state index in [2.05, 4.69) is 15.3 Å². The summed E-state index contributed by atoms with van der Waals surface area (Å²) < 4.78 is 3.80. The summed E-state index contributed by atoms with van der Waals surface area (Å²) in [5.41, 5.74) is 3.92. The molecule has 0 saturated heterocycles. The van der Waals surface area contributed by atoms with Crippen molar-refractivity contribution in [3.63, 3.8) is 0 Å². The third kappa shape index (κ3) is 0.817. The van der Waals surface area contributed by atoms with Crippen LogP contribution >= 0.6 is 11.5 Å². The molecule has 48 valence electrons. The van der Waals surface area contributed by atoms with Crippen molar-refractivity contribution < 1.29 is 0 Å². The van der Waals surface area contributed by atoms with Gasteiger partial charge in [-0.15, -0.1) is 10.8 Å². The zero-order valence-corrected chi connectivity index (χ0v) is 5.93. The Kier molecular flexibility index (Phi) is 1.24. The molecule has 1 aromatic heterocycles. The second-order valence-electron chi connectivity index (χ2n) is 1.86. The fourth-order valence-corrected chi connectivity index (χ4v) is 1.28. The molecular weight excluding hydrogens is 144 g/mol. The summed E-state index contributed by atoms with van der Waals surface area (Å²) in [7, 11) is 0. The molecule has 0 amide bonds. The van der Waals surface area contributed by atoms with Crippen molar-refractivity contribution in [2.45, 2.75) is 0 Å². The van der Waals surface area contributed by atoms with E-state index in [0.717, 1.165) is 10.6 Å². The largest absolute Gasteiger partial charge is 0.138 e. The van der Waals surface area contributed by atoms with Crippen LogP contribution in [0.2, 0.25) is 0 Å². The van der Waals surface area contributed by atoms with Crippen LogP contribution in [0.15, 0.2) is 17.9 Å². The van der Waals surface area contributed by atoms with E-state index in [1.807, 2.05) is 24.3 Å². The van der Waals surface area contributed by atoms with Gasteiger partial charge in [-0.2, -0.15) is 0 Å². The minimum Gasteiger partial charge on any atom is -0.138 e. The lowest BCUT2D eigenvalue weighted by atomic mass is 10.3. The lowest BCUT2D eigenvalue weighted by Gasteiger charge is -1.79. The van der Waals surface area contributed by atoms with E-state index in [1.54, 1.807) is 0 Å². The Balaban J connectivity index is 2.68. The van der Waals surface area contributed by atoms with Crippen LogP contribution in [-0.4, -0.2) is 9.59 Å². The standard InChI is InChI=1S/C7H4N2S/c1-2-4-6-7(5-3-1)10-9-8-6/h1-2,4-5H. The molecule has 0 aromatic carbocycles. The predicted octanol–water partition coefficient (Wildman–Crippen LogP) is 1.73. The third-order valence-corrected chi connectivity index (χ3v) is 1.89. The Morgan fingerprint density at radius 3 is 3.50 bits per heavy atom. The average molecular weight is 148 g/mol. The maximum atomic E-state index is 3.91. The van der Waals surface area contributed by atoms with Crippen LogP contribution in [-0.2, 0) is 0 Å². The number of fused-ring (bicyclic) bond motifs is 1. The Hall–Kier alpha value is -1.18. The topological polar surface area (TPSA) is 25.8 Å². The second-order valence-corrected chi connectivity index (χ2v) is 2.64. The van der Waals surface area contributed by atoms with Crippen molar-refractivity contribution in [2.24, 2.45) is 0 Å². The predicted molar refractivity (Wildman–Crippen MR) is 41.5 cm³/mol. The first kappa shape index (κ1) is 5.59. The van der Waals surface area contributed by atoms with E-state index in [9.17, 15) is 0 Å². The summed E-state index contributed by atoms with van der Waals surface area (Å²) >= 11 is 1.39. The molecule has 10 heavy (non-hydrogen) atoms. The molecule has 0 radical (unpaired) electrons. The normalized spacial score (nSPS) is 13.2. The van der Waals surface area contributed by atoms with Crippen LogP contribution in [0.5, 0.6) is 0 Å². The van der Waals surface area contributed by atoms with Crippen LogP contribution in [0.25, 0.3) is 12.2 Å². The highest BCUT2D eigenvalue weighted by Crippen LogP contribution is 2.14. The van der Waals surface area contributed by atoms with Gasteiger partial charge in [0.15, 0.2) is 0 Å². The van der Waals surface area contributed by atoms with E-state index in [4.69, 9.17) is 0 Å². The molecule has 1 aliphatic carbocycles. The molecule has 0 aliphatic heterocycles. The van der Waals surface area contributed by atoms with Crippen LogP contribution in [0.1, 0.15) is 10.6 Å². The number of rotatable bonds is 0. The zero-order chi connectivity index (χ0) is 6.81. The zero-order valence-electron chi connectivity index (χ0n) is 5.11. The highest BCUT2D eigenvalue weighted by molar-refractivity contribution is 7.06. The van der Waals surface area contributed by atoms with Crippen molar-refractivity contribution in [3.05, 3.63) is 28.5 Å². The number of hydrogen-bond donors (Lipinski definition) is 0. The van der Waals surface area contributed by atoms with Gasteiger partial charge in [0.25, 0.3) is 0 Å². The monoisotopic (exact) mass is 148 g/mol. The smallest absolute Gasteiger partial charge is 0.106 e. The first-order chi connectivity index (χ1) is 4.97. The van der Waals surface area contributed by atoms with Crippen LogP contribution in [0.3, 0.4) is 0 Å². The van der Waals surface area contributed by atoms with Crippen molar-refractivity contribution in [1.82, 2.24) is 9.59 Å². The number of hydrogen-bond acceptors (Lipinski definition) is 3. The van der Waals surface area contributed by atoms with Crippen LogP contribution in [0.4, 0.5) is 0 Å². The van der Waals surface area contributed by atoms with Crippen LogP contribution < -0.4 is 0 Å². The molecule has 0 atom stereocenters.